The third kappa shape index (κ3) is 4.80. The molecule has 2 N–H and O–H groups in total. The minimum Gasteiger partial charge on any atom is -0.372 e. The largest absolute Gasteiger partial charge is 0.372 e. The number of aryl methyl sites for hydroxylation is 1. The van der Waals surface area contributed by atoms with Gasteiger partial charge >= 0.3 is 0 Å². The average Bonchev–Trinajstić information content (AvgIpc) is 2.20. The molecule has 0 unspecified atom stereocenters. The predicted molar refractivity (Wildman–Crippen MR) is 54.6 cm³/mol. The lowest BCUT2D eigenvalue weighted by molar-refractivity contribution is -0.180. The molecule has 16 heavy (non-hydrogen) atoms. The predicted octanol–water partition coefficient (Wildman–Crippen LogP) is 1.22. The first-order chi connectivity index (χ1) is 7.59. The van der Waals surface area contributed by atoms with Crippen LogP contribution < -0.4 is 0 Å². The van der Waals surface area contributed by atoms with Gasteiger partial charge in [-0.3, -0.25) is 0 Å². The van der Waals surface area contributed by atoms with Crippen LogP contribution in [0.15, 0.2) is 18.2 Å². The van der Waals surface area contributed by atoms with Gasteiger partial charge in [0.25, 0.3) is 6.48 Å². The molecule has 0 atom stereocenters. The second-order valence-electron chi connectivity index (χ2n) is 3.18. The van der Waals surface area contributed by atoms with E-state index in [1.165, 1.54) is 12.1 Å². The summed E-state index contributed by atoms with van der Waals surface area (Å²) in [5.41, 5.74) is 0.454. The fourth-order valence-corrected chi connectivity index (χ4v) is 1.80. The van der Waals surface area contributed by atoms with Crippen LogP contribution in [0.4, 0.5) is 8.78 Å². The van der Waals surface area contributed by atoms with E-state index in [2.05, 4.69) is 4.43 Å². The molecule has 0 amide bonds. The van der Waals surface area contributed by atoms with E-state index in [9.17, 15) is 8.78 Å². The molecule has 1 aromatic rings. The van der Waals surface area contributed by atoms with Crippen molar-refractivity contribution in [3.8, 4) is 0 Å². The van der Waals surface area contributed by atoms with Gasteiger partial charge in [-0.05, 0) is 30.5 Å². The average molecular weight is 246 g/mol. The zero-order chi connectivity index (χ0) is 12.0. The number of aliphatic hydroxyl groups is 2. The molecule has 0 heterocycles. The molecule has 2 radical (unpaired) electrons. The Balaban J connectivity index is 2.27. The van der Waals surface area contributed by atoms with Gasteiger partial charge < -0.3 is 14.6 Å². The Kier molecular flexibility index (Phi) is 5.54. The molecule has 0 aliphatic heterocycles. The Morgan fingerprint density at radius 3 is 2.69 bits per heavy atom. The van der Waals surface area contributed by atoms with Crippen LogP contribution in [-0.2, 0) is 10.8 Å². The molecule has 6 heteroatoms. The lowest BCUT2D eigenvalue weighted by Gasteiger charge is -2.05. The molecular weight excluding hydrogens is 234 g/mol. The fourth-order valence-electron chi connectivity index (χ4n) is 1.21. The third-order valence-electron chi connectivity index (χ3n) is 1.93. The van der Waals surface area contributed by atoms with Gasteiger partial charge in [-0.1, -0.05) is 6.07 Å². The van der Waals surface area contributed by atoms with Gasteiger partial charge in [0, 0.05) is 6.07 Å². The van der Waals surface area contributed by atoms with Crippen LogP contribution in [0.3, 0.4) is 0 Å². The van der Waals surface area contributed by atoms with Crippen LogP contribution in [-0.4, -0.2) is 26.5 Å². The summed E-state index contributed by atoms with van der Waals surface area (Å²) in [6.07, 6.45) is 1.12. The van der Waals surface area contributed by atoms with E-state index in [0.29, 0.717) is 24.4 Å². The van der Waals surface area contributed by atoms with E-state index in [4.69, 9.17) is 10.2 Å². The fraction of sp³-hybridized carbons (Fsp3) is 0.400. The summed E-state index contributed by atoms with van der Waals surface area (Å²) in [6, 6.07) is 4.09. The van der Waals surface area contributed by atoms with Crippen molar-refractivity contribution < 1.29 is 23.4 Å². The number of hydrogen-bond donors (Lipinski definition) is 2. The van der Waals surface area contributed by atoms with Crippen molar-refractivity contribution in [3.05, 3.63) is 35.4 Å². The number of hydrogen-bond acceptors (Lipinski definition) is 3. The second kappa shape index (κ2) is 6.69. The maximum absolute atomic E-state index is 13.1. The van der Waals surface area contributed by atoms with Crippen LogP contribution in [0.5, 0.6) is 0 Å². The van der Waals surface area contributed by atoms with E-state index in [1.54, 1.807) is 0 Å². The second-order valence-corrected chi connectivity index (χ2v) is 4.20. The highest BCUT2D eigenvalue weighted by molar-refractivity contribution is 6.26. The maximum Gasteiger partial charge on any atom is 0.256 e. The van der Waals surface area contributed by atoms with Gasteiger partial charge in [0.15, 0.2) is 0 Å². The molecule has 0 aromatic heterocycles. The van der Waals surface area contributed by atoms with Gasteiger partial charge in [-0.2, -0.15) is 0 Å². The van der Waals surface area contributed by atoms with Crippen LogP contribution in [0.25, 0.3) is 0 Å². The normalized spacial score (nSPS) is 11.1. The first-order valence-corrected chi connectivity index (χ1v) is 5.89. The third-order valence-corrected chi connectivity index (χ3v) is 2.86. The quantitative estimate of drug-likeness (QED) is 0.451. The van der Waals surface area contributed by atoms with E-state index >= 15 is 0 Å². The molecule has 0 fully saturated rings. The van der Waals surface area contributed by atoms with Crippen LogP contribution >= 0.6 is 0 Å². The van der Waals surface area contributed by atoms with E-state index in [1.807, 2.05) is 0 Å². The Labute approximate surface area is 94.6 Å². The summed E-state index contributed by atoms with van der Waals surface area (Å²) in [4.78, 5) is 0. The van der Waals surface area contributed by atoms with Gasteiger partial charge in [-0.15, -0.1) is 0 Å². The van der Waals surface area contributed by atoms with Crippen molar-refractivity contribution in [2.75, 3.05) is 0 Å². The van der Waals surface area contributed by atoms with Gasteiger partial charge in [-0.25, -0.2) is 8.78 Å². The lowest BCUT2D eigenvalue weighted by atomic mass is 10.1. The molecule has 88 valence electrons. The first-order valence-electron chi connectivity index (χ1n) is 4.78. The molecule has 0 aliphatic carbocycles. The van der Waals surface area contributed by atoms with Crippen LogP contribution in [0.2, 0.25) is 6.04 Å². The molecule has 1 aromatic carbocycles. The highest BCUT2D eigenvalue weighted by Gasteiger charge is 2.04. The van der Waals surface area contributed by atoms with Crippen molar-refractivity contribution in [1.82, 2.24) is 0 Å². The monoisotopic (exact) mass is 246 g/mol. The Morgan fingerprint density at radius 2 is 2.06 bits per heavy atom. The van der Waals surface area contributed by atoms with E-state index in [-0.39, 0.29) is 9.76 Å². The first kappa shape index (κ1) is 13.2. The Hall–Kier alpha value is -0.823. The maximum atomic E-state index is 13.1. The highest BCUT2D eigenvalue weighted by Crippen LogP contribution is 2.12. The summed E-state index contributed by atoms with van der Waals surface area (Å²) in [7, 11) is -0.0378. The van der Waals surface area contributed by atoms with Gasteiger partial charge in [0.1, 0.15) is 11.6 Å². The summed E-state index contributed by atoms with van der Waals surface area (Å²) in [6.45, 7) is -1.75. The number of rotatable bonds is 6. The van der Waals surface area contributed by atoms with Crippen molar-refractivity contribution in [1.29, 1.82) is 0 Å². The number of aliphatic hydroxyl groups excluding tert-OH is 1. The topological polar surface area (TPSA) is 49.7 Å². The summed E-state index contributed by atoms with van der Waals surface area (Å²) in [5.74, 6) is -1.14. The van der Waals surface area contributed by atoms with Crippen molar-refractivity contribution in [2.24, 2.45) is 0 Å². The Morgan fingerprint density at radius 1 is 1.31 bits per heavy atom. The molecule has 1 rings (SSSR count). The number of halogens is 2. The highest BCUT2D eigenvalue weighted by atomic mass is 28.2. The zero-order valence-electron chi connectivity index (χ0n) is 8.49. The Bertz CT molecular complexity index is 334. The molecule has 0 bridgehead atoms. The summed E-state index contributed by atoms with van der Waals surface area (Å²) < 4.78 is 30.2. The zero-order valence-corrected chi connectivity index (χ0v) is 9.49. The van der Waals surface area contributed by atoms with E-state index in [0.717, 1.165) is 6.07 Å². The standard InChI is InChI=1S/C10H12F2O3Si/c11-8-4-3-7(9(12)6-8)2-1-5-16-15-10(13)14/h3-4,6,10,13-14H,1-2,5H2. The van der Waals surface area contributed by atoms with Gasteiger partial charge in [0.05, 0.1) is 0 Å². The van der Waals surface area contributed by atoms with Gasteiger partial charge in [0.2, 0.25) is 9.76 Å². The number of benzene rings is 1. The SMILES string of the molecule is OC(O)O[Si]CCCc1ccc(F)cc1F. The minimum absolute atomic E-state index is 0.0378. The molecule has 0 saturated heterocycles. The molecular formula is C10H12F2O3Si. The summed E-state index contributed by atoms with van der Waals surface area (Å²) >= 11 is 0. The molecule has 0 spiro atoms. The molecule has 0 aliphatic rings. The van der Waals surface area contributed by atoms with Crippen LogP contribution in [0.1, 0.15) is 12.0 Å². The summed E-state index contributed by atoms with van der Waals surface area (Å²) in [5, 5.41) is 16.8. The molecule has 3 nitrogen and oxygen atoms in total. The van der Waals surface area contributed by atoms with Crippen molar-refractivity contribution >= 4 is 9.76 Å². The van der Waals surface area contributed by atoms with Crippen molar-refractivity contribution in [3.63, 3.8) is 0 Å². The van der Waals surface area contributed by atoms with Crippen LogP contribution in [0, 0.1) is 11.6 Å². The van der Waals surface area contributed by atoms with Crippen molar-refractivity contribution in [2.45, 2.75) is 25.4 Å². The lowest BCUT2D eigenvalue weighted by Crippen LogP contribution is -2.13. The molecule has 0 saturated carbocycles. The van der Waals surface area contributed by atoms with E-state index < -0.39 is 18.1 Å². The minimum atomic E-state index is -1.75. The smallest absolute Gasteiger partial charge is 0.256 e.